The third-order valence-corrected chi connectivity index (χ3v) is 3.15. The maximum absolute atomic E-state index is 11.5. The molecular formula is C15H9N3O4. The zero-order valence-electron chi connectivity index (χ0n) is 11.1. The lowest BCUT2D eigenvalue weighted by Gasteiger charge is -2.07. The zero-order valence-corrected chi connectivity index (χ0v) is 11.1. The Hall–Kier alpha value is -3.35. The molecule has 1 aromatic carbocycles. The molecule has 0 atom stereocenters. The summed E-state index contributed by atoms with van der Waals surface area (Å²) in [6, 6.07) is 10.6. The van der Waals surface area contributed by atoms with Crippen LogP contribution in [0.1, 0.15) is 10.4 Å². The topological polar surface area (TPSA) is 106 Å². The second-order valence-corrected chi connectivity index (χ2v) is 4.55. The van der Waals surface area contributed by atoms with Gasteiger partial charge in [-0.05, 0) is 18.2 Å². The maximum Gasteiger partial charge on any atom is 0.337 e. The van der Waals surface area contributed by atoms with Crippen LogP contribution in [0.15, 0.2) is 48.7 Å². The highest BCUT2D eigenvalue weighted by molar-refractivity contribution is 5.98. The Labute approximate surface area is 124 Å². The Balaban J connectivity index is 2.28. The largest absolute Gasteiger partial charge is 0.478 e. The van der Waals surface area contributed by atoms with Crippen LogP contribution in [-0.2, 0) is 0 Å². The first-order valence-electron chi connectivity index (χ1n) is 6.30. The molecule has 0 aliphatic heterocycles. The molecule has 0 saturated carbocycles. The van der Waals surface area contributed by atoms with E-state index in [9.17, 15) is 20.0 Å². The molecule has 0 unspecified atom stereocenters. The van der Waals surface area contributed by atoms with Gasteiger partial charge in [-0.15, -0.1) is 0 Å². The predicted octanol–water partition coefficient (Wildman–Crippen LogP) is 2.90. The Morgan fingerprint density at radius 2 is 2.00 bits per heavy atom. The molecule has 0 spiro atoms. The minimum atomic E-state index is -1.15. The van der Waals surface area contributed by atoms with Gasteiger partial charge in [-0.2, -0.15) is 0 Å². The number of fused-ring (bicyclic) bond motifs is 1. The Bertz CT molecular complexity index is 908. The van der Waals surface area contributed by atoms with Crippen LogP contribution in [0.3, 0.4) is 0 Å². The number of pyridine rings is 2. The normalized spacial score (nSPS) is 10.5. The third kappa shape index (κ3) is 2.35. The highest BCUT2D eigenvalue weighted by Gasteiger charge is 2.17. The molecule has 0 saturated heterocycles. The van der Waals surface area contributed by atoms with Crippen molar-refractivity contribution in [3.05, 3.63) is 64.3 Å². The van der Waals surface area contributed by atoms with E-state index in [4.69, 9.17) is 0 Å². The van der Waals surface area contributed by atoms with Crippen molar-refractivity contribution < 1.29 is 14.8 Å². The van der Waals surface area contributed by atoms with Gasteiger partial charge < -0.3 is 5.11 Å². The molecule has 0 amide bonds. The number of aromatic carboxylic acids is 1. The summed E-state index contributed by atoms with van der Waals surface area (Å²) in [5, 5.41) is 20.8. The van der Waals surface area contributed by atoms with Crippen molar-refractivity contribution in [3.8, 4) is 11.3 Å². The van der Waals surface area contributed by atoms with Crippen LogP contribution in [0, 0.1) is 10.1 Å². The minimum Gasteiger partial charge on any atom is -0.478 e. The van der Waals surface area contributed by atoms with E-state index in [1.54, 1.807) is 24.4 Å². The molecule has 22 heavy (non-hydrogen) atoms. The minimum absolute atomic E-state index is 0.0269. The van der Waals surface area contributed by atoms with E-state index >= 15 is 0 Å². The van der Waals surface area contributed by atoms with Crippen LogP contribution < -0.4 is 0 Å². The van der Waals surface area contributed by atoms with E-state index in [2.05, 4.69) is 9.97 Å². The highest BCUT2D eigenvalue weighted by atomic mass is 16.6. The van der Waals surface area contributed by atoms with Gasteiger partial charge in [0.2, 0.25) is 0 Å². The lowest BCUT2D eigenvalue weighted by atomic mass is 10.0. The number of nitrogens with zero attached hydrogens (tertiary/aromatic N) is 3. The summed E-state index contributed by atoms with van der Waals surface area (Å²) in [7, 11) is 0. The van der Waals surface area contributed by atoms with Crippen molar-refractivity contribution in [1.82, 2.24) is 9.97 Å². The third-order valence-electron chi connectivity index (χ3n) is 3.15. The smallest absolute Gasteiger partial charge is 0.337 e. The van der Waals surface area contributed by atoms with Crippen molar-refractivity contribution in [2.45, 2.75) is 0 Å². The van der Waals surface area contributed by atoms with Crippen LogP contribution in [0.5, 0.6) is 0 Å². The van der Waals surface area contributed by atoms with E-state index in [1.165, 1.54) is 24.3 Å². The number of nitro benzene ring substituents is 1. The summed E-state index contributed by atoms with van der Waals surface area (Å²) in [4.78, 5) is 30.1. The molecule has 0 fully saturated rings. The van der Waals surface area contributed by atoms with Crippen molar-refractivity contribution in [2.24, 2.45) is 0 Å². The summed E-state index contributed by atoms with van der Waals surface area (Å²) >= 11 is 0. The second kappa shape index (κ2) is 5.21. The van der Waals surface area contributed by atoms with Crippen LogP contribution in [0.25, 0.3) is 22.3 Å². The molecule has 3 aromatic rings. The quantitative estimate of drug-likeness (QED) is 0.588. The first-order valence-corrected chi connectivity index (χ1v) is 6.30. The van der Waals surface area contributed by atoms with Gasteiger partial charge in [0, 0.05) is 29.3 Å². The van der Waals surface area contributed by atoms with Gasteiger partial charge >= 0.3 is 5.97 Å². The lowest BCUT2D eigenvalue weighted by Crippen LogP contribution is -2.03. The summed E-state index contributed by atoms with van der Waals surface area (Å²) in [6.07, 6.45) is 1.55. The molecule has 2 aromatic heterocycles. The molecule has 3 rings (SSSR count). The van der Waals surface area contributed by atoms with E-state index in [0.717, 1.165) is 0 Å². The summed E-state index contributed by atoms with van der Waals surface area (Å²) in [5.41, 5.74) is 0.744. The number of rotatable bonds is 3. The first-order chi connectivity index (χ1) is 10.6. The van der Waals surface area contributed by atoms with Gasteiger partial charge in [0.05, 0.1) is 16.2 Å². The average Bonchev–Trinajstić information content (AvgIpc) is 2.53. The lowest BCUT2D eigenvalue weighted by molar-refractivity contribution is -0.384. The molecule has 0 radical (unpaired) electrons. The van der Waals surface area contributed by atoms with E-state index in [-0.39, 0.29) is 16.9 Å². The number of carboxylic acid groups (broad SMARTS) is 1. The molecule has 0 aliphatic carbocycles. The number of carboxylic acids is 1. The van der Waals surface area contributed by atoms with Gasteiger partial charge in [0.15, 0.2) is 5.65 Å². The molecule has 1 N–H and O–H groups in total. The zero-order chi connectivity index (χ0) is 15.7. The van der Waals surface area contributed by atoms with E-state index in [0.29, 0.717) is 16.6 Å². The Kier molecular flexibility index (Phi) is 3.23. The number of aromatic nitrogens is 2. The van der Waals surface area contributed by atoms with Crippen LogP contribution in [0.2, 0.25) is 0 Å². The number of benzene rings is 1. The molecule has 7 heteroatoms. The average molecular weight is 295 g/mol. The summed E-state index contributed by atoms with van der Waals surface area (Å²) in [6.45, 7) is 0. The number of hydrogen-bond acceptors (Lipinski definition) is 5. The van der Waals surface area contributed by atoms with E-state index in [1.807, 2.05) is 0 Å². The standard InChI is InChI=1S/C15H9N3O4/c19-15(20)12-8-10-4-2-6-16-14(10)17-13(12)9-3-1-5-11(7-9)18(21)22/h1-8H,(H,19,20). The predicted molar refractivity (Wildman–Crippen MR) is 78.6 cm³/mol. The molecule has 0 bridgehead atoms. The summed E-state index contributed by atoms with van der Waals surface area (Å²) < 4.78 is 0. The van der Waals surface area contributed by atoms with Gasteiger partial charge in [-0.3, -0.25) is 10.1 Å². The number of carbonyl (C=O) groups is 1. The fourth-order valence-corrected chi connectivity index (χ4v) is 2.16. The van der Waals surface area contributed by atoms with Crippen LogP contribution in [0.4, 0.5) is 5.69 Å². The van der Waals surface area contributed by atoms with Gasteiger partial charge in [-0.1, -0.05) is 12.1 Å². The Morgan fingerprint density at radius 3 is 2.73 bits per heavy atom. The first kappa shape index (κ1) is 13.6. The van der Waals surface area contributed by atoms with Crippen molar-refractivity contribution in [3.63, 3.8) is 0 Å². The number of hydrogen-bond donors (Lipinski definition) is 1. The van der Waals surface area contributed by atoms with Gasteiger partial charge in [0.1, 0.15) is 0 Å². The van der Waals surface area contributed by atoms with E-state index < -0.39 is 10.9 Å². The van der Waals surface area contributed by atoms with Crippen LogP contribution in [-0.4, -0.2) is 26.0 Å². The molecule has 2 heterocycles. The monoisotopic (exact) mass is 295 g/mol. The van der Waals surface area contributed by atoms with Gasteiger partial charge in [0.25, 0.3) is 5.69 Å². The fraction of sp³-hybridized carbons (Fsp3) is 0. The second-order valence-electron chi connectivity index (χ2n) is 4.55. The van der Waals surface area contributed by atoms with Crippen molar-refractivity contribution in [1.29, 1.82) is 0 Å². The highest BCUT2D eigenvalue weighted by Crippen LogP contribution is 2.27. The number of nitro groups is 1. The number of non-ortho nitro benzene ring substituents is 1. The SMILES string of the molecule is O=C(O)c1cc2cccnc2nc1-c1cccc([N+](=O)[O-])c1. The van der Waals surface area contributed by atoms with Gasteiger partial charge in [-0.25, -0.2) is 14.8 Å². The van der Waals surface area contributed by atoms with Crippen molar-refractivity contribution >= 4 is 22.7 Å². The molecule has 108 valence electrons. The summed E-state index contributed by atoms with van der Waals surface area (Å²) in [5.74, 6) is -1.15. The van der Waals surface area contributed by atoms with Crippen LogP contribution >= 0.6 is 0 Å². The molecular weight excluding hydrogens is 286 g/mol. The maximum atomic E-state index is 11.5. The molecule has 0 aliphatic rings. The fourth-order valence-electron chi connectivity index (χ4n) is 2.16. The van der Waals surface area contributed by atoms with Crippen molar-refractivity contribution in [2.75, 3.05) is 0 Å². The Morgan fingerprint density at radius 1 is 1.18 bits per heavy atom. The molecule has 7 nitrogen and oxygen atoms in total.